The SMILES string of the molecule is Cc1cccc(-c2nc3cccnc3n2CC2CCOCC2)c1. The van der Waals surface area contributed by atoms with Crippen molar-refractivity contribution in [1.82, 2.24) is 14.5 Å². The Hall–Kier alpha value is -2.20. The molecule has 0 atom stereocenters. The summed E-state index contributed by atoms with van der Waals surface area (Å²) in [5.41, 5.74) is 4.36. The van der Waals surface area contributed by atoms with Crippen LogP contribution in [0.2, 0.25) is 0 Å². The number of benzene rings is 1. The molecule has 1 aliphatic rings. The van der Waals surface area contributed by atoms with E-state index in [-0.39, 0.29) is 0 Å². The minimum absolute atomic E-state index is 0.631. The van der Waals surface area contributed by atoms with Gasteiger partial charge in [-0.25, -0.2) is 9.97 Å². The van der Waals surface area contributed by atoms with Gasteiger partial charge in [0.2, 0.25) is 0 Å². The summed E-state index contributed by atoms with van der Waals surface area (Å²) < 4.78 is 7.79. The molecule has 0 unspecified atom stereocenters. The van der Waals surface area contributed by atoms with Crippen molar-refractivity contribution in [3.63, 3.8) is 0 Å². The monoisotopic (exact) mass is 307 g/mol. The van der Waals surface area contributed by atoms with Gasteiger partial charge in [0, 0.05) is 31.5 Å². The lowest BCUT2D eigenvalue weighted by Gasteiger charge is -2.23. The number of hydrogen-bond acceptors (Lipinski definition) is 3. The highest BCUT2D eigenvalue weighted by Crippen LogP contribution is 2.27. The van der Waals surface area contributed by atoms with Gasteiger partial charge in [-0.2, -0.15) is 0 Å². The molecular weight excluding hydrogens is 286 g/mol. The van der Waals surface area contributed by atoms with Crippen LogP contribution in [0.3, 0.4) is 0 Å². The molecule has 4 rings (SSSR count). The van der Waals surface area contributed by atoms with E-state index in [1.807, 2.05) is 18.3 Å². The minimum atomic E-state index is 0.631. The Morgan fingerprint density at radius 3 is 2.87 bits per heavy atom. The quantitative estimate of drug-likeness (QED) is 0.738. The molecule has 1 aliphatic heterocycles. The van der Waals surface area contributed by atoms with E-state index in [0.717, 1.165) is 55.2 Å². The van der Waals surface area contributed by atoms with Crippen LogP contribution < -0.4 is 0 Å². The smallest absolute Gasteiger partial charge is 0.160 e. The van der Waals surface area contributed by atoms with Gasteiger partial charge in [0.25, 0.3) is 0 Å². The second-order valence-corrected chi connectivity index (χ2v) is 6.32. The zero-order valence-corrected chi connectivity index (χ0v) is 13.4. The number of rotatable bonds is 3. The molecule has 118 valence electrons. The number of imidazole rings is 1. The van der Waals surface area contributed by atoms with E-state index in [9.17, 15) is 0 Å². The molecule has 0 bridgehead atoms. The highest BCUT2D eigenvalue weighted by Gasteiger charge is 2.19. The number of fused-ring (bicyclic) bond motifs is 1. The fourth-order valence-electron chi connectivity index (χ4n) is 3.32. The van der Waals surface area contributed by atoms with E-state index in [1.54, 1.807) is 0 Å². The highest BCUT2D eigenvalue weighted by molar-refractivity contribution is 5.77. The van der Waals surface area contributed by atoms with Crippen LogP contribution in [0, 0.1) is 12.8 Å². The third-order valence-corrected chi connectivity index (χ3v) is 4.56. The van der Waals surface area contributed by atoms with Crippen LogP contribution in [-0.2, 0) is 11.3 Å². The fraction of sp³-hybridized carbons (Fsp3) is 0.368. The topological polar surface area (TPSA) is 39.9 Å². The molecule has 4 nitrogen and oxygen atoms in total. The summed E-state index contributed by atoms with van der Waals surface area (Å²) in [5, 5.41) is 0. The number of aryl methyl sites for hydroxylation is 1. The molecule has 3 aromatic rings. The standard InChI is InChI=1S/C19H21N3O/c1-14-4-2-5-16(12-14)18-21-17-6-3-9-20-19(17)22(18)13-15-7-10-23-11-8-15/h2-6,9,12,15H,7-8,10-11,13H2,1H3. The minimum Gasteiger partial charge on any atom is -0.381 e. The van der Waals surface area contributed by atoms with E-state index in [4.69, 9.17) is 9.72 Å². The molecule has 2 aromatic heterocycles. The zero-order valence-electron chi connectivity index (χ0n) is 13.4. The summed E-state index contributed by atoms with van der Waals surface area (Å²) in [7, 11) is 0. The Kier molecular flexibility index (Phi) is 3.83. The Morgan fingerprint density at radius 1 is 1.17 bits per heavy atom. The van der Waals surface area contributed by atoms with Crippen LogP contribution in [0.4, 0.5) is 0 Å². The summed E-state index contributed by atoms with van der Waals surface area (Å²) in [6.45, 7) is 4.81. The average Bonchev–Trinajstić information content (AvgIpc) is 2.95. The van der Waals surface area contributed by atoms with Crippen LogP contribution in [-0.4, -0.2) is 27.7 Å². The molecule has 0 saturated carbocycles. The van der Waals surface area contributed by atoms with Crippen LogP contribution >= 0.6 is 0 Å². The van der Waals surface area contributed by atoms with Crippen molar-refractivity contribution in [2.24, 2.45) is 5.92 Å². The van der Waals surface area contributed by atoms with E-state index >= 15 is 0 Å². The van der Waals surface area contributed by atoms with Gasteiger partial charge < -0.3 is 9.30 Å². The van der Waals surface area contributed by atoms with Gasteiger partial charge in [-0.15, -0.1) is 0 Å². The summed E-state index contributed by atoms with van der Waals surface area (Å²) in [5.74, 6) is 1.65. The second-order valence-electron chi connectivity index (χ2n) is 6.32. The lowest BCUT2D eigenvalue weighted by atomic mass is 10.00. The maximum atomic E-state index is 5.50. The van der Waals surface area contributed by atoms with Gasteiger partial charge >= 0.3 is 0 Å². The lowest BCUT2D eigenvalue weighted by Crippen LogP contribution is -2.21. The van der Waals surface area contributed by atoms with Crippen molar-refractivity contribution in [2.75, 3.05) is 13.2 Å². The van der Waals surface area contributed by atoms with E-state index < -0.39 is 0 Å². The molecule has 0 N–H and O–H groups in total. The lowest BCUT2D eigenvalue weighted by molar-refractivity contribution is 0.0617. The van der Waals surface area contributed by atoms with Crippen LogP contribution in [0.25, 0.3) is 22.6 Å². The van der Waals surface area contributed by atoms with Crippen molar-refractivity contribution in [2.45, 2.75) is 26.3 Å². The van der Waals surface area contributed by atoms with Crippen LogP contribution in [0.1, 0.15) is 18.4 Å². The van der Waals surface area contributed by atoms with Gasteiger partial charge in [-0.05, 0) is 43.9 Å². The van der Waals surface area contributed by atoms with Gasteiger partial charge in [0.1, 0.15) is 11.3 Å². The Labute approximate surface area is 136 Å². The first-order chi connectivity index (χ1) is 11.3. The molecule has 4 heteroatoms. The van der Waals surface area contributed by atoms with Crippen molar-refractivity contribution >= 4 is 11.2 Å². The van der Waals surface area contributed by atoms with E-state index in [2.05, 4.69) is 40.7 Å². The number of ether oxygens (including phenoxy) is 1. The summed E-state index contributed by atoms with van der Waals surface area (Å²) in [6, 6.07) is 12.5. The van der Waals surface area contributed by atoms with Gasteiger partial charge in [-0.1, -0.05) is 23.8 Å². The average molecular weight is 307 g/mol. The molecule has 3 heterocycles. The van der Waals surface area contributed by atoms with Crippen molar-refractivity contribution in [3.8, 4) is 11.4 Å². The molecule has 1 saturated heterocycles. The van der Waals surface area contributed by atoms with Crippen LogP contribution in [0.5, 0.6) is 0 Å². The largest absolute Gasteiger partial charge is 0.381 e. The normalized spacial score (nSPS) is 16.0. The van der Waals surface area contributed by atoms with Gasteiger partial charge in [0.15, 0.2) is 5.65 Å². The number of pyridine rings is 1. The van der Waals surface area contributed by atoms with E-state index in [0.29, 0.717) is 5.92 Å². The van der Waals surface area contributed by atoms with Crippen LogP contribution in [0.15, 0.2) is 42.6 Å². The molecule has 1 fully saturated rings. The first kappa shape index (κ1) is 14.4. The molecule has 1 aromatic carbocycles. The molecule has 23 heavy (non-hydrogen) atoms. The second kappa shape index (κ2) is 6.13. The molecular formula is C19H21N3O. The summed E-state index contributed by atoms with van der Waals surface area (Å²) >= 11 is 0. The van der Waals surface area contributed by atoms with Gasteiger partial charge in [-0.3, -0.25) is 0 Å². The number of nitrogens with zero attached hydrogens (tertiary/aromatic N) is 3. The van der Waals surface area contributed by atoms with Crippen molar-refractivity contribution in [1.29, 1.82) is 0 Å². The maximum Gasteiger partial charge on any atom is 0.160 e. The molecule has 0 radical (unpaired) electrons. The van der Waals surface area contributed by atoms with Gasteiger partial charge in [0.05, 0.1) is 0 Å². The molecule has 0 aliphatic carbocycles. The summed E-state index contributed by atoms with van der Waals surface area (Å²) in [6.07, 6.45) is 4.07. The first-order valence-electron chi connectivity index (χ1n) is 8.27. The third kappa shape index (κ3) is 2.86. The Bertz CT molecular complexity index is 818. The number of hydrogen-bond donors (Lipinski definition) is 0. The summed E-state index contributed by atoms with van der Waals surface area (Å²) in [4.78, 5) is 9.44. The molecule has 0 spiro atoms. The van der Waals surface area contributed by atoms with Crippen molar-refractivity contribution in [3.05, 3.63) is 48.2 Å². The number of aromatic nitrogens is 3. The Morgan fingerprint density at radius 2 is 2.04 bits per heavy atom. The fourth-order valence-corrected chi connectivity index (χ4v) is 3.32. The zero-order chi connectivity index (χ0) is 15.6. The third-order valence-electron chi connectivity index (χ3n) is 4.56. The maximum absolute atomic E-state index is 5.50. The van der Waals surface area contributed by atoms with Crippen molar-refractivity contribution < 1.29 is 4.74 Å². The predicted octanol–water partition coefficient (Wildman–Crippen LogP) is 3.83. The Balaban J connectivity index is 1.80. The highest BCUT2D eigenvalue weighted by atomic mass is 16.5. The predicted molar refractivity (Wildman–Crippen MR) is 91.2 cm³/mol. The first-order valence-corrected chi connectivity index (χ1v) is 8.27. The van der Waals surface area contributed by atoms with E-state index in [1.165, 1.54) is 5.56 Å². The molecule has 0 amide bonds.